The average molecular weight is 321 g/mol. The number of nitrogens with one attached hydrogen (secondary N) is 1. The molecule has 21 heavy (non-hydrogen) atoms. The maximum Gasteiger partial charge on any atom is 0.263 e. The normalized spacial score (nSPS) is 10.9. The first-order valence-corrected chi connectivity index (χ1v) is 8.03. The topological polar surface area (TPSA) is 70.0 Å². The Morgan fingerprint density at radius 1 is 1.19 bits per heavy atom. The van der Waals surface area contributed by atoms with Crippen molar-refractivity contribution in [2.75, 3.05) is 4.72 Å². The molecule has 0 spiro atoms. The van der Waals surface area contributed by atoms with Gasteiger partial charge in [0.2, 0.25) is 0 Å². The fraction of sp³-hybridized carbons (Fsp3) is 0.133. The van der Waals surface area contributed by atoms with Gasteiger partial charge in [-0.15, -0.1) is 0 Å². The molecule has 0 aliphatic carbocycles. The summed E-state index contributed by atoms with van der Waals surface area (Å²) >= 11 is 5.99. The van der Waals surface area contributed by atoms with Crippen LogP contribution in [0.3, 0.4) is 0 Å². The Morgan fingerprint density at radius 2 is 1.86 bits per heavy atom. The van der Waals surface area contributed by atoms with Crippen molar-refractivity contribution in [1.82, 2.24) is 0 Å². The molecule has 0 unspecified atom stereocenters. The Balaban J connectivity index is 2.27. The van der Waals surface area contributed by atoms with Crippen LogP contribution in [-0.2, 0) is 16.4 Å². The van der Waals surface area contributed by atoms with Gasteiger partial charge in [-0.3, -0.25) is 4.72 Å². The first kappa shape index (κ1) is 15.4. The van der Waals surface area contributed by atoms with Gasteiger partial charge in [-0.2, -0.15) is 5.26 Å². The van der Waals surface area contributed by atoms with Crippen molar-refractivity contribution in [3.8, 4) is 6.07 Å². The van der Waals surface area contributed by atoms with Crippen LogP contribution in [0.1, 0.15) is 11.1 Å². The molecule has 0 saturated heterocycles. The second-order valence-corrected chi connectivity index (χ2v) is 6.63. The van der Waals surface area contributed by atoms with Crippen LogP contribution in [0.2, 0.25) is 5.02 Å². The van der Waals surface area contributed by atoms with Crippen molar-refractivity contribution in [2.24, 2.45) is 0 Å². The minimum absolute atomic E-state index is 0.0378. The number of aryl methyl sites for hydroxylation is 1. The van der Waals surface area contributed by atoms with Crippen molar-refractivity contribution in [3.05, 3.63) is 58.6 Å². The summed E-state index contributed by atoms with van der Waals surface area (Å²) in [5.74, 6) is 0. The molecule has 0 radical (unpaired) electrons. The zero-order valence-corrected chi connectivity index (χ0v) is 12.9. The molecule has 0 amide bonds. The Labute approximate surface area is 129 Å². The van der Waals surface area contributed by atoms with E-state index in [9.17, 15) is 8.42 Å². The molecular weight excluding hydrogens is 308 g/mol. The number of sulfonamides is 1. The molecule has 1 N–H and O–H groups in total. The summed E-state index contributed by atoms with van der Waals surface area (Å²) in [6.07, 6.45) is 0.289. The summed E-state index contributed by atoms with van der Waals surface area (Å²) < 4.78 is 27.1. The Kier molecular flexibility index (Phi) is 4.51. The molecule has 2 aromatic carbocycles. The number of anilines is 1. The average Bonchev–Trinajstić information content (AvgIpc) is 2.40. The fourth-order valence-electron chi connectivity index (χ4n) is 1.82. The zero-order valence-electron chi connectivity index (χ0n) is 11.3. The first-order valence-electron chi connectivity index (χ1n) is 6.17. The van der Waals surface area contributed by atoms with E-state index in [0.29, 0.717) is 5.69 Å². The highest BCUT2D eigenvalue weighted by atomic mass is 35.5. The standard InChI is InChI=1S/C15H13ClN2O2S/c1-11-2-7-15(14(16)10-11)21(19,20)18-13-5-3-12(4-6-13)8-9-17/h2-7,10,18H,8H2,1H3. The number of nitrogens with zero attached hydrogens (tertiary/aromatic N) is 1. The monoisotopic (exact) mass is 320 g/mol. The van der Waals surface area contributed by atoms with Gasteiger partial charge in [-0.1, -0.05) is 29.8 Å². The zero-order chi connectivity index (χ0) is 15.5. The molecule has 0 aliphatic rings. The SMILES string of the molecule is Cc1ccc(S(=O)(=O)Nc2ccc(CC#N)cc2)c(Cl)c1. The van der Waals surface area contributed by atoms with Gasteiger partial charge in [0.15, 0.2) is 0 Å². The van der Waals surface area contributed by atoms with E-state index in [-0.39, 0.29) is 16.3 Å². The number of halogens is 1. The smallest absolute Gasteiger partial charge is 0.263 e. The van der Waals surface area contributed by atoms with Gasteiger partial charge >= 0.3 is 0 Å². The van der Waals surface area contributed by atoms with E-state index in [4.69, 9.17) is 16.9 Å². The van der Waals surface area contributed by atoms with E-state index in [2.05, 4.69) is 4.72 Å². The lowest BCUT2D eigenvalue weighted by molar-refractivity contribution is 0.601. The quantitative estimate of drug-likeness (QED) is 0.937. The third-order valence-electron chi connectivity index (χ3n) is 2.87. The van der Waals surface area contributed by atoms with Gasteiger partial charge in [0.1, 0.15) is 4.90 Å². The molecule has 0 saturated carbocycles. The Hall–Kier alpha value is -2.03. The lowest BCUT2D eigenvalue weighted by Gasteiger charge is -2.10. The number of hydrogen-bond acceptors (Lipinski definition) is 3. The molecule has 2 rings (SSSR count). The van der Waals surface area contributed by atoms with Crippen LogP contribution < -0.4 is 4.72 Å². The second kappa shape index (κ2) is 6.17. The van der Waals surface area contributed by atoms with Crippen LogP contribution >= 0.6 is 11.6 Å². The predicted octanol–water partition coefficient (Wildman–Crippen LogP) is 3.52. The molecule has 0 fully saturated rings. The van der Waals surface area contributed by atoms with Gasteiger partial charge in [0.25, 0.3) is 10.0 Å². The highest BCUT2D eigenvalue weighted by molar-refractivity contribution is 7.92. The van der Waals surface area contributed by atoms with Gasteiger partial charge < -0.3 is 0 Å². The molecule has 0 aromatic heterocycles. The maximum atomic E-state index is 12.3. The molecule has 4 nitrogen and oxygen atoms in total. The number of hydrogen-bond donors (Lipinski definition) is 1. The van der Waals surface area contributed by atoms with Crippen LogP contribution in [0, 0.1) is 18.3 Å². The van der Waals surface area contributed by atoms with E-state index in [0.717, 1.165) is 11.1 Å². The number of benzene rings is 2. The minimum atomic E-state index is -3.73. The minimum Gasteiger partial charge on any atom is -0.280 e. The molecule has 108 valence electrons. The molecule has 2 aromatic rings. The number of nitriles is 1. The molecule has 6 heteroatoms. The Morgan fingerprint density at radius 3 is 2.43 bits per heavy atom. The van der Waals surface area contributed by atoms with Crippen molar-refractivity contribution in [2.45, 2.75) is 18.2 Å². The van der Waals surface area contributed by atoms with Crippen molar-refractivity contribution in [3.63, 3.8) is 0 Å². The van der Waals surface area contributed by atoms with Crippen LogP contribution in [0.5, 0.6) is 0 Å². The van der Waals surface area contributed by atoms with E-state index in [1.165, 1.54) is 6.07 Å². The summed E-state index contributed by atoms with van der Waals surface area (Å²) in [5.41, 5.74) is 2.14. The largest absolute Gasteiger partial charge is 0.280 e. The van der Waals surface area contributed by atoms with Gasteiger partial charge in [0, 0.05) is 5.69 Å². The van der Waals surface area contributed by atoms with Crippen LogP contribution in [0.25, 0.3) is 0 Å². The lowest BCUT2D eigenvalue weighted by Crippen LogP contribution is -2.13. The van der Waals surface area contributed by atoms with Crippen LogP contribution in [0.4, 0.5) is 5.69 Å². The van der Waals surface area contributed by atoms with Crippen LogP contribution in [0.15, 0.2) is 47.4 Å². The number of rotatable bonds is 4. The van der Waals surface area contributed by atoms with E-state index < -0.39 is 10.0 Å². The maximum absolute atomic E-state index is 12.3. The highest BCUT2D eigenvalue weighted by Gasteiger charge is 2.17. The van der Waals surface area contributed by atoms with E-state index in [1.54, 1.807) is 36.4 Å². The van der Waals surface area contributed by atoms with Crippen molar-refractivity contribution >= 4 is 27.3 Å². The molecule has 0 atom stereocenters. The first-order chi connectivity index (χ1) is 9.92. The third-order valence-corrected chi connectivity index (χ3v) is 4.73. The Bertz CT molecular complexity index is 793. The summed E-state index contributed by atoms with van der Waals surface area (Å²) in [6.45, 7) is 1.84. The molecule has 0 heterocycles. The summed E-state index contributed by atoms with van der Waals surface area (Å²) in [4.78, 5) is 0.0378. The lowest BCUT2D eigenvalue weighted by atomic mass is 10.1. The van der Waals surface area contributed by atoms with Crippen LogP contribution in [-0.4, -0.2) is 8.42 Å². The predicted molar refractivity (Wildman–Crippen MR) is 82.8 cm³/mol. The van der Waals surface area contributed by atoms with Crippen molar-refractivity contribution in [1.29, 1.82) is 5.26 Å². The summed E-state index contributed by atoms with van der Waals surface area (Å²) in [7, 11) is -3.73. The molecular formula is C15H13ClN2O2S. The highest BCUT2D eigenvalue weighted by Crippen LogP contribution is 2.24. The molecule has 0 aliphatic heterocycles. The summed E-state index contributed by atoms with van der Waals surface area (Å²) in [5, 5.41) is 8.78. The van der Waals surface area contributed by atoms with E-state index in [1.807, 2.05) is 13.0 Å². The van der Waals surface area contributed by atoms with Gasteiger partial charge in [-0.25, -0.2) is 8.42 Å². The third kappa shape index (κ3) is 3.75. The molecule has 0 bridgehead atoms. The second-order valence-electron chi connectivity index (χ2n) is 4.57. The fourth-order valence-corrected chi connectivity index (χ4v) is 3.47. The van der Waals surface area contributed by atoms with Gasteiger partial charge in [0.05, 0.1) is 17.5 Å². The van der Waals surface area contributed by atoms with E-state index >= 15 is 0 Å². The summed E-state index contributed by atoms with van der Waals surface area (Å²) in [6, 6.07) is 13.5. The van der Waals surface area contributed by atoms with Gasteiger partial charge in [-0.05, 0) is 42.3 Å². The van der Waals surface area contributed by atoms with Crippen molar-refractivity contribution < 1.29 is 8.42 Å².